The third-order valence-electron chi connectivity index (χ3n) is 4.42. The molecule has 118 valence electrons. The van der Waals surface area contributed by atoms with Crippen LogP contribution in [0.1, 0.15) is 48.4 Å². The van der Waals surface area contributed by atoms with Gasteiger partial charge in [0.2, 0.25) is 0 Å². The highest BCUT2D eigenvalue weighted by Crippen LogP contribution is 2.24. The Bertz CT molecular complexity index is 588. The predicted molar refractivity (Wildman–Crippen MR) is 96.6 cm³/mol. The van der Waals surface area contributed by atoms with Gasteiger partial charge in [-0.2, -0.15) is 0 Å². The Balaban J connectivity index is 2.18. The van der Waals surface area contributed by atoms with Gasteiger partial charge in [-0.25, -0.2) is 0 Å². The monoisotopic (exact) mass is 295 g/mol. The molecule has 2 aromatic rings. The minimum absolute atomic E-state index is 0.566. The summed E-state index contributed by atoms with van der Waals surface area (Å²) >= 11 is 0. The summed E-state index contributed by atoms with van der Waals surface area (Å²) in [4.78, 5) is 2.44. The molecular weight excluding hydrogens is 266 g/mol. The van der Waals surface area contributed by atoms with Gasteiger partial charge in [-0.1, -0.05) is 62.4 Å². The molecule has 0 bridgehead atoms. The second-order valence-electron chi connectivity index (χ2n) is 6.47. The average Bonchev–Trinajstić information content (AvgIpc) is 2.50. The molecule has 0 aliphatic heterocycles. The first kappa shape index (κ1) is 16.8. The van der Waals surface area contributed by atoms with E-state index >= 15 is 0 Å². The van der Waals surface area contributed by atoms with Crippen molar-refractivity contribution in [3.63, 3.8) is 0 Å². The van der Waals surface area contributed by atoms with Gasteiger partial charge >= 0.3 is 0 Å². The zero-order valence-corrected chi connectivity index (χ0v) is 14.5. The molecule has 1 heteroatoms. The van der Waals surface area contributed by atoms with E-state index < -0.39 is 0 Å². The molecule has 0 amide bonds. The summed E-state index contributed by atoms with van der Waals surface area (Å²) in [6.07, 6.45) is 2.25. The Morgan fingerprint density at radius 1 is 0.955 bits per heavy atom. The Morgan fingerprint density at radius 3 is 2.27 bits per heavy atom. The highest BCUT2D eigenvalue weighted by atomic mass is 15.1. The Hall–Kier alpha value is -1.60. The first-order valence-corrected chi connectivity index (χ1v) is 8.42. The van der Waals surface area contributed by atoms with Crippen molar-refractivity contribution in [3.8, 4) is 0 Å². The first-order valence-electron chi connectivity index (χ1n) is 8.42. The lowest BCUT2D eigenvalue weighted by Gasteiger charge is -2.23. The number of hydrogen-bond acceptors (Lipinski definition) is 1. The fraction of sp³-hybridized carbons (Fsp3) is 0.429. The van der Waals surface area contributed by atoms with E-state index in [0.717, 1.165) is 13.0 Å². The molecule has 2 aromatic carbocycles. The van der Waals surface area contributed by atoms with Gasteiger partial charge in [0, 0.05) is 6.54 Å². The van der Waals surface area contributed by atoms with Crippen molar-refractivity contribution < 1.29 is 0 Å². The molecule has 0 aliphatic rings. The van der Waals surface area contributed by atoms with Crippen molar-refractivity contribution in [2.45, 2.75) is 39.5 Å². The SMILES string of the molecule is CCCN(C)CC(C)c1ccccc1Cc1ccccc1C. The maximum absolute atomic E-state index is 2.44. The lowest BCUT2D eigenvalue weighted by Crippen LogP contribution is -2.24. The molecule has 1 atom stereocenters. The quantitative estimate of drug-likeness (QED) is 0.692. The third kappa shape index (κ3) is 4.45. The van der Waals surface area contributed by atoms with Crippen molar-refractivity contribution in [1.82, 2.24) is 4.90 Å². The normalized spacial score (nSPS) is 12.6. The van der Waals surface area contributed by atoms with Crippen LogP contribution in [0.2, 0.25) is 0 Å². The van der Waals surface area contributed by atoms with Crippen LogP contribution in [0.5, 0.6) is 0 Å². The molecule has 0 heterocycles. The first-order chi connectivity index (χ1) is 10.6. The van der Waals surface area contributed by atoms with Crippen molar-refractivity contribution in [2.24, 2.45) is 0 Å². The van der Waals surface area contributed by atoms with Gasteiger partial charge in [-0.3, -0.25) is 0 Å². The zero-order valence-electron chi connectivity index (χ0n) is 14.5. The Morgan fingerprint density at radius 2 is 1.59 bits per heavy atom. The van der Waals surface area contributed by atoms with Crippen LogP contribution in [0.4, 0.5) is 0 Å². The number of likely N-dealkylation sites (N-methyl/N-ethyl adjacent to an activating group) is 1. The lowest BCUT2D eigenvalue weighted by molar-refractivity contribution is 0.317. The maximum Gasteiger partial charge on any atom is 0.00447 e. The van der Waals surface area contributed by atoms with Crippen LogP contribution >= 0.6 is 0 Å². The summed E-state index contributed by atoms with van der Waals surface area (Å²) in [5, 5.41) is 0. The molecule has 0 spiro atoms. The van der Waals surface area contributed by atoms with Gasteiger partial charge in [-0.05, 0) is 61.5 Å². The molecule has 0 aromatic heterocycles. The van der Waals surface area contributed by atoms with E-state index in [1.54, 1.807) is 0 Å². The molecule has 22 heavy (non-hydrogen) atoms. The molecule has 0 aliphatic carbocycles. The van der Waals surface area contributed by atoms with E-state index in [-0.39, 0.29) is 0 Å². The summed E-state index contributed by atoms with van der Waals surface area (Å²) in [5.41, 5.74) is 5.78. The summed E-state index contributed by atoms with van der Waals surface area (Å²) in [6.45, 7) is 9.09. The van der Waals surface area contributed by atoms with Crippen molar-refractivity contribution in [3.05, 3.63) is 70.8 Å². The minimum atomic E-state index is 0.566. The van der Waals surface area contributed by atoms with Crippen molar-refractivity contribution >= 4 is 0 Å². The number of hydrogen-bond donors (Lipinski definition) is 0. The van der Waals surface area contributed by atoms with Crippen LogP contribution in [-0.4, -0.2) is 25.0 Å². The van der Waals surface area contributed by atoms with E-state index in [1.807, 2.05) is 0 Å². The van der Waals surface area contributed by atoms with Gasteiger partial charge in [0.15, 0.2) is 0 Å². The molecule has 0 radical (unpaired) electrons. The van der Waals surface area contributed by atoms with Gasteiger partial charge in [-0.15, -0.1) is 0 Å². The molecule has 1 nitrogen and oxygen atoms in total. The van der Waals surface area contributed by atoms with Crippen LogP contribution in [-0.2, 0) is 6.42 Å². The van der Waals surface area contributed by atoms with E-state index in [0.29, 0.717) is 5.92 Å². The molecule has 0 N–H and O–H groups in total. The molecule has 0 saturated carbocycles. The zero-order chi connectivity index (χ0) is 15.9. The smallest absolute Gasteiger partial charge is 0.00447 e. The van der Waals surface area contributed by atoms with E-state index in [1.165, 1.54) is 35.2 Å². The van der Waals surface area contributed by atoms with Crippen LogP contribution in [0.25, 0.3) is 0 Å². The number of rotatable bonds is 7. The average molecular weight is 295 g/mol. The molecule has 0 fully saturated rings. The van der Waals surface area contributed by atoms with E-state index in [2.05, 4.69) is 81.2 Å². The molecule has 0 saturated heterocycles. The van der Waals surface area contributed by atoms with E-state index in [4.69, 9.17) is 0 Å². The van der Waals surface area contributed by atoms with Gasteiger partial charge in [0.25, 0.3) is 0 Å². The maximum atomic E-state index is 2.44. The Kier molecular flexibility index (Phi) is 6.21. The standard InChI is InChI=1S/C21H29N/c1-5-14-22(4)16-18(3)21-13-9-8-12-20(21)15-19-11-7-6-10-17(19)2/h6-13,18H,5,14-16H2,1-4H3. The van der Waals surface area contributed by atoms with Crippen LogP contribution < -0.4 is 0 Å². The van der Waals surface area contributed by atoms with Crippen LogP contribution in [0.3, 0.4) is 0 Å². The largest absolute Gasteiger partial charge is 0.306 e. The molecule has 2 rings (SSSR count). The minimum Gasteiger partial charge on any atom is -0.306 e. The fourth-order valence-corrected chi connectivity index (χ4v) is 3.23. The van der Waals surface area contributed by atoms with Crippen molar-refractivity contribution in [1.29, 1.82) is 0 Å². The lowest BCUT2D eigenvalue weighted by atomic mass is 9.90. The van der Waals surface area contributed by atoms with Crippen LogP contribution in [0.15, 0.2) is 48.5 Å². The summed E-state index contributed by atoms with van der Waals surface area (Å²) in [5.74, 6) is 0.566. The fourth-order valence-electron chi connectivity index (χ4n) is 3.23. The summed E-state index contributed by atoms with van der Waals surface area (Å²) < 4.78 is 0. The second kappa shape index (κ2) is 8.14. The molecular formula is C21H29N. The van der Waals surface area contributed by atoms with Gasteiger partial charge < -0.3 is 4.90 Å². The topological polar surface area (TPSA) is 3.24 Å². The summed E-state index contributed by atoms with van der Waals surface area (Å²) in [6, 6.07) is 17.6. The van der Waals surface area contributed by atoms with Gasteiger partial charge in [0.1, 0.15) is 0 Å². The second-order valence-corrected chi connectivity index (χ2v) is 6.47. The summed E-state index contributed by atoms with van der Waals surface area (Å²) in [7, 11) is 2.23. The number of benzene rings is 2. The number of aryl methyl sites for hydroxylation is 1. The Labute approximate surface area is 136 Å². The predicted octanol–water partition coefficient (Wildman–Crippen LogP) is 5.03. The third-order valence-corrected chi connectivity index (χ3v) is 4.42. The van der Waals surface area contributed by atoms with Crippen LogP contribution in [0, 0.1) is 6.92 Å². The number of nitrogens with zero attached hydrogens (tertiary/aromatic N) is 1. The molecule has 1 unspecified atom stereocenters. The highest BCUT2D eigenvalue weighted by Gasteiger charge is 2.13. The highest BCUT2D eigenvalue weighted by molar-refractivity contribution is 5.37. The van der Waals surface area contributed by atoms with E-state index in [9.17, 15) is 0 Å². The van der Waals surface area contributed by atoms with Gasteiger partial charge in [0.05, 0.1) is 0 Å². The van der Waals surface area contributed by atoms with Crippen molar-refractivity contribution in [2.75, 3.05) is 20.1 Å².